The van der Waals surface area contributed by atoms with Gasteiger partial charge in [0.25, 0.3) is 6.85 Å². The predicted octanol–water partition coefficient (Wildman–Crippen LogP) is 11.2. The third-order valence-corrected chi connectivity index (χ3v) is 8.73. The molecule has 0 radical (unpaired) electrons. The van der Waals surface area contributed by atoms with E-state index in [0.717, 1.165) is 65.2 Å². The highest BCUT2D eigenvalue weighted by Gasteiger charge is 2.34. The first-order valence-corrected chi connectivity index (χ1v) is 16.6. The maximum absolute atomic E-state index is 6.70. The van der Waals surface area contributed by atoms with E-state index in [1.165, 1.54) is 56.9 Å². The van der Waals surface area contributed by atoms with Crippen LogP contribution in [0.25, 0.3) is 0 Å². The number of hydrogen-bond donors (Lipinski definition) is 0. The summed E-state index contributed by atoms with van der Waals surface area (Å²) < 4.78 is 12.5. The average Bonchev–Trinajstić information content (AvgIpc) is 2.74. The highest BCUT2D eigenvalue weighted by molar-refractivity contribution is 8.00. The maximum atomic E-state index is 6.70. The summed E-state index contributed by atoms with van der Waals surface area (Å²) in [6, 6.07) is 0. The number of fused-ring (bicyclic) bond motifs is 1. The zero-order valence-corrected chi connectivity index (χ0v) is 25.4. The second-order valence-electron chi connectivity index (χ2n) is 11.7. The van der Waals surface area contributed by atoms with Gasteiger partial charge in [-0.2, -0.15) is 0 Å². The largest absolute Gasteiger partial charge is 0.487 e. The van der Waals surface area contributed by atoms with Crippen molar-refractivity contribution in [3.05, 3.63) is 22.3 Å². The fourth-order valence-electron chi connectivity index (χ4n) is 5.47. The van der Waals surface area contributed by atoms with Crippen molar-refractivity contribution >= 4 is 29.3 Å². The molecule has 0 aromatic heterocycles. The van der Waals surface area contributed by atoms with Gasteiger partial charge in [-0.05, 0) is 110 Å². The van der Waals surface area contributed by atoms with Crippen LogP contribution >= 0.6 is 29.3 Å². The van der Waals surface area contributed by atoms with Crippen LogP contribution in [0.5, 0.6) is 11.5 Å². The van der Waals surface area contributed by atoms with Gasteiger partial charge in [0.2, 0.25) is 0 Å². The van der Waals surface area contributed by atoms with Gasteiger partial charge < -0.3 is 9.26 Å². The van der Waals surface area contributed by atoms with E-state index in [0.29, 0.717) is 0 Å². The molecule has 196 valence electrons. The molecule has 0 fully saturated rings. The zero-order valence-electron chi connectivity index (χ0n) is 23.0. The van der Waals surface area contributed by atoms with E-state index in [2.05, 4.69) is 55.4 Å². The molecule has 3 atom stereocenters. The van der Waals surface area contributed by atoms with E-state index < -0.39 is 6.85 Å². The smallest absolute Gasteiger partial charge is 0.284 e. The second kappa shape index (κ2) is 13.9. The molecule has 0 saturated carbocycles. The molecule has 1 aliphatic rings. The lowest BCUT2D eigenvalue weighted by atomic mass is 9.84. The number of hydrogen-bond acceptors (Lipinski definition) is 2. The molecule has 1 heterocycles. The summed E-state index contributed by atoms with van der Waals surface area (Å²) in [5, 5.41) is 0. The Bertz CT molecular complexity index is 780. The third-order valence-electron chi connectivity index (χ3n) is 8.00. The molecule has 5 heteroatoms. The minimum Gasteiger partial charge on any atom is -0.487 e. The molecule has 2 rings (SSSR count). The minimum absolute atomic E-state index is 0.0880. The standard InChI is InChI=1S/C29H49Cl2O2P/c1-20(2)12-9-13-21(3)14-10-15-22(4)16-11-18-29(8)19-17-26-25(7)27(33-34(30)31)23(5)24(6)28(26)32-29/h20-22H,9-19H2,1-8H3. The summed E-state index contributed by atoms with van der Waals surface area (Å²) in [6.45, 7) is 16.7. The van der Waals surface area contributed by atoms with Crippen molar-refractivity contribution in [2.45, 2.75) is 132 Å². The van der Waals surface area contributed by atoms with E-state index in [1.807, 2.05) is 0 Å². The Kier molecular flexibility index (Phi) is 12.3. The average molecular weight is 532 g/mol. The molecule has 0 spiro atoms. The molecule has 0 saturated heterocycles. The topological polar surface area (TPSA) is 18.5 Å². The fourth-order valence-corrected chi connectivity index (χ4v) is 6.29. The Morgan fingerprint density at radius 1 is 0.853 bits per heavy atom. The molecule has 0 N–H and O–H groups in total. The van der Waals surface area contributed by atoms with Crippen molar-refractivity contribution in [3.8, 4) is 11.5 Å². The Morgan fingerprint density at radius 3 is 1.97 bits per heavy atom. The third kappa shape index (κ3) is 9.05. The van der Waals surface area contributed by atoms with Gasteiger partial charge in [-0.1, -0.05) is 72.6 Å². The summed E-state index contributed by atoms with van der Waals surface area (Å²) in [5.41, 5.74) is 4.54. The summed E-state index contributed by atoms with van der Waals surface area (Å²) in [7, 11) is 0. The quantitative estimate of drug-likeness (QED) is 0.222. The molecular formula is C29H49Cl2O2P. The minimum atomic E-state index is -1.48. The predicted molar refractivity (Wildman–Crippen MR) is 152 cm³/mol. The molecular weight excluding hydrogens is 482 g/mol. The Labute approximate surface area is 221 Å². The number of rotatable bonds is 14. The normalized spacial score (nSPS) is 19.8. The molecule has 0 amide bonds. The summed E-state index contributed by atoms with van der Waals surface area (Å²) in [6.07, 6.45) is 14.0. The highest BCUT2D eigenvalue weighted by atomic mass is 35.9. The molecule has 0 aliphatic carbocycles. The van der Waals surface area contributed by atoms with Gasteiger partial charge in [0.15, 0.2) is 0 Å². The lowest BCUT2D eigenvalue weighted by Gasteiger charge is -2.38. The first kappa shape index (κ1) is 30.1. The molecule has 3 unspecified atom stereocenters. The molecule has 1 aliphatic heterocycles. The van der Waals surface area contributed by atoms with Crippen molar-refractivity contribution in [1.82, 2.24) is 0 Å². The second-order valence-corrected chi connectivity index (χ2v) is 14.7. The van der Waals surface area contributed by atoms with Crippen LogP contribution in [0.3, 0.4) is 0 Å². The van der Waals surface area contributed by atoms with Crippen molar-refractivity contribution in [3.63, 3.8) is 0 Å². The molecule has 34 heavy (non-hydrogen) atoms. The first-order valence-electron chi connectivity index (χ1n) is 13.5. The number of ether oxygens (including phenoxy) is 1. The highest BCUT2D eigenvalue weighted by Crippen LogP contribution is 2.52. The Morgan fingerprint density at radius 2 is 1.41 bits per heavy atom. The van der Waals surface area contributed by atoms with E-state index in [9.17, 15) is 0 Å². The van der Waals surface area contributed by atoms with Gasteiger partial charge in [-0.3, -0.25) is 0 Å². The molecule has 0 bridgehead atoms. The van der Waals surface area contributed by atoms with Crippen LogP contribution in [0, 0.1) is 38.5 Å². The zero-order chi connectivity index (χ0) is 25.5. The molecule has 1 aromatic rings. The van der Waals surface area contributed by atoms with E-state index in [4.69, 9.17) is 31.7 Å². The monoisotopic (exact) mass is 530 g/mol. The summed E-state index contributed by atoms with van der Waals surface area (Å²) in [5.74, 6) is 4.41. The van der Waals surface area contributed by atoms with E-state index >= 15 is 0 Å². The van der Waals surface area contributed by atoms with E-state index in [1.54, 1.807) is 0 Å². The van der Waals surface area contributed by atoms with Gasteiger partial charge in [0.05, 0.1) is 0 Å². The van der Waals surface area contributed by atoms with Crippen LogP contribution in [-0.2, 0) is 6.42 Å². The molecule has 1 aromatic carbocycles. The lowest BCUT2D eigenvalue weighted by molar-refractivity contribution is 0.0512. The van der Waals surface area contributed by atoms with Crippen molar-refractivity contribution in [2.75, 3.05) is 0 Å². The van der Waals surface area contributed by atoms with Crippen molar-refractivity contribution in [2.24, 2.45) is 17.8 Å². The van der Waals surface area contributed by atoms with Crippen LogP contribution in [0.1, 0.15) is 121 Å². The van der Waals surface area contributed by atoms with Gasteiger partial charge in [-0.15, -0.1) is 0 Å². The van der Waals surface area contributed by atoms with Crippen molar-refractivity contribution in [1.29, 1.82) is 0 Å². The van der Waals surface area contributed by atoms with Crippen LogP contribution in [0.15, 0.2) is 0 Å². The van der Waals surface area contributed by atoms with Gasteiger partial charge in [0, 0.05) is 5.56 Å². The van der Waals surface area contributed by atoms with Crippen LogP contribution in [0.4, 0.5) is 0 Å². The molecule has 2 nitrogen and oxygen atoms in total. The van der Waals surface area contributed by atoms with Crippen molar-refractivity contribution < 1.29 is 9.26 Å². The maximum Gasteiger partial charge on any atom is 0.284 e. The summed E-state index contributed by atoms with van der Waals surface area (Å²) >= 11 is 11.9. The Balaban J connectivity index is 1.82. The van der Waals surface area contributed by atoms with Gasteiger partial charge in [-0.25, -0.2) is 0 Å². The first-order chi connectivity index (χ1) is 15.9. The number of halogens is 2. The van der Waals surface area contributed by atoms with E-state index in [-0.39, 0.29) is 5.60 Å². The Hall–Kier alpha value is -0.170. The van der Waals surface area contributed by atoms with Gasteiger partial charge >= 0.3 is 0 Å². The SMILES string of the molecule is Cc1c(C)c2c(c(C)c1OP(Cl)Cl)CCC(C)(CCCC(C)CCCC(C)CCCC(C)C)O2. The fraction of sp³-hybridized carbons (Fsp3) is 0.793. The lowest BCUT2D eigenvalue weighted by Crippen LogP contribution is -2.37. The van der Waals surface area contributed by atoms with Crippen LogP contribution < -0.4 is 9.26 Å². The van der Waals surface area contributed by atoms with Gasteiger partial charge in [0.1, 0.15) is 17.1 Å². The van der Waals surface area contributed by atoms with Crippen LogP contribution in [-0.4, -0.2) is 5.60 Å². The summed E-state index contributed by atoms with van der Waals surface area (Å²) in [4.78, 5) is 0. The number of benzene rings is 1. The van der Waals surface area contributed by atoms with Crippen LogP contribution in [0.2, 0.25) is 0 Å².